The lowest BCUT2D eigenvalue weighted by molar-refractivity contribution is 0.139. The van der Waals surface area contributed by atoms with Crippen LogP contribution in [0.15, 0.2) is 0 Å². The molecule has 64 valence electrons. The highest BCUT2D eigenvalue weighted by Gasteiger charge is 2.25. The Kier molecular flexibility index (Phi) is 3.20. The summed E-state index contributed by atoms with van der Waals surface area (Å²) in [6.07, 6.45) is 4.18. The summed E-state index contributed by atoms with van der Waals surface area (Å²) in [5, 5.41) is 2.69. The van der Waals surface area contributed by atoms with Gasteiger partial charge >= 0.3 is 6.09 Å². The standard InChI is InChI=1S/C8H15NO2/c1-2-3-6-9-8(10)11-7-4-5-7/h7H,2-6H2,1H3,(H,9,10). The number of rotatable bonds is 4. The molecule has 0 saturated heterocycles. The van der Waals surface area contributed by atoms with Crippen molar-refractivity contribution in [2.24, 2.45) is 0 Å². The van der Waals surface area contributed by atoms with Gasteiger partial charge < -0.3 is 10.1 Å². The van der Waals surface area contributed by atoms with Gasteiger partial charge in [0.1, 0.15) is 6.10 Å². The van der Waals surface area contributed by atoms with Crippen LogP contribution >= 0.6 is 0 Å². The van der Waals surface area contributed by atoms with Crippen LogP contribution in [0.1, 0.15) is 32.6 Å². The van der Waals surface area contributed by atoms with Gasteiger partial charge in [0.2, 0.25) is 0 Å². The van der Waals surface area contributed by atoms with Gasteiger partial charge in [-0.05, 0) is 19.3 Å². The van der Waals surface area contributed by atoms with Crippen molar-refractivity contribution in [1.29, 1.82) is 0 Å². The van der Waals surface area contributed by atoms with E-state index in [-0.39, 0.29) is 12.2 Å². The van der Waals surface area contributed by atoms with Crippen LogP contribution < -0.4 is 5.32 Å². The molecule has 0 heterocycles. The minimum atomic E-state index is -0.249. The molecular formula is C8H15NO2. The number of carbonyl (C=O) groups is 1. The lowest BCUT2D eigenvalue weighted by atomic mass is 10.3. The van der Waals surface area contributed by atoms with Crippen molar-refractivity contribution >= 4 is 6.09 Å². The first-order chi connectivity index (χ1) is 5.33. The summed E-state index contributed by atoms with van der Waals surface area (Å²) in [4.78, 5) is 10.8. The molecular weight excluding hydrogens is 142 g/mol. The molecule has 3 nitrogen and oxygen atoms in total. The number of amides is 1. The zero-order chi connectivity index (χ0) is 8.10. The van der Waals surface area contributed by atoms with Crippen LogP contribution in [0.3, 0.4) is 0 Å². The first-order valence-electron chi connectivity index (χ1n) is 4.27. The molecule has 1 saturated carbocycles. The van der Waals surface area contributed by atoms with Gasteiger partial charge in [0, 0.05) is 6.54 Å². The minimum absolute atomic E-state index is 0.219. The minimum Gasteiger partial charge on any atom is -0.446 e. The topological polar surface area (TPSA) is 38.3 Å². The number of hydrogen-bond donors (Lipinski definition) is 1. The predicted octanol–water partition coefficient (Wildman–Crippen LogP) is 1.68. The van der Waals surface area contributed by atoms with Gasteiger partial charge in [-0.2, -0.15) is 0 Å². The average molecular weight is 157 g/mol. The van der Waals surface area contributed by atoms with Gasteiger partial charge in [0.15, 0.2) is 0 Å². The molecule has 0 aromatic carbocycles. The zero-order valence-corrected chi connectivity index (χ0v) is 6.93. The second-order valence-corrected chi connectivity index (χ2v) is 2.88. The fourth-order valence-electron chi connectivity index (χ4n) is 0.746. The lowest BCUT2D eigenvalue weighted by Gasteiger charge is -2.03. The normalized spacial score (nSPS) is 16.1. The maximum Gasteiger partial charge on any atom is 0.407 e. The van der Waals surface area contributed by atoms with Crippen LogP contribution in [0.4, 0.5) is 4.79 Å². The van der Waals surface area contributed by atoms with Crippen LogP contribution in [-0.4, -0.2) is 18.7 Å². The van der Waals surface area contributed by atoms with E-state index in [2.05, 4.69) is 12.2 Å². The van der Waals surface area contributed by atoms with Crippen molar-refractivity contribution < 1.29 is 9.53 Å². The number of alkyl carbamates (subject to hydrolysis) is 1. The molecule has 3 heteroatoms. The fraction of sp³-hybridized carbons (Fsp3) is 0.875. The number of ether oxygens (including phenoxy) is 1. The Bertz CT molecular complexity index is 132. The van der Waals surface area contributed by atoms with Crippen LogP contribution in [0.25, 0.3) is 0 Å². The van der Waals surface area contributed by atoms with E-state index >= 15 is 0 Å². The Morgan fingerprint density at radius 2 is 2.36 bits per heavy atom. The van der Waals surface area contributed by atoms with Crippen molar-refractivity contribution in [3.05, 3.63) is 0 Å². The quantitative estimate of drug-likeness (QED) is 0.630. The molecule has 0 unspecified atom stereocenters. The Labute approximate surface area is 67.1 Å². The first-order valence-corrected chi connectivity index (χ1v) is 4.27. The monoisotopic (exact) mass is 157 g/mol. The average Bonchev–Trinajstić information content (AvgIpc) is 2.72. The summed E-state index contributed by atoms with van der Waals surface area (Å²) in [6.45, 7) is 2.83. The van der Waals surface area contributed by atoms with Crippen molar-refractivity contribution in [2.45, 2.75) is 38.7 Å². The summed E-state index contributed by atoms with van der Waals surface area (Å²) in [5.74, 6) is 0. The lowest BCUT2D eigenvalue weighted by Crippen LogP contribution is -2.25. The van der Waals surface area contributed by atoms with E-state index in [1.165, 1.54) is 0 Å². The number of hydrogen-bond acceptors (Lipinski definition) is 2. The second kappa shape index (κ2) is 4.21. The third kappa shape index (κ3) is 3.86. The van der Waals surface area contributed by atoms with Gasteiger partial charge in [-0.15, -0.1) is 0 Å². The molecule has 1 amide bonds. The van der Waals surface area contributed by atoms with Crippen molar-refractivity contribution in [2.75, 3.05) is 6.54 Å². The first kappa shape index (κ1) is 8.37. The molecule has 1 fully saturated rings. The smallest absolute Gasteiger partial charge is 0.407 e. The van der Waals surface area contributed by atoms with Crippen LogP contribution in [0.5, 0.6) is 0 Å². The molecule has 0 spiro atoms. The molecule has 1 N–H and O–H groups in total. The highest BCUT2D eigenvalue weighted by Crippen LogP contribution is 2.23. The maximum atomic E-state index is 10.8. The van der Waals surface area contributed by atoms with Crippen molar-refractivity contribution in [3.63, 3.8) is 0 Å². The number of carbonyl (C=O) groups excluding carboxylic acids is 1. The van der Waals surface area contributed by atoms with Crippen molar-refractivity contribution in [3.8, 4) is 0 Å². The Balaban J connectivity index is 1.92. The Morgan fingerprint density at radius 1 is 1.64 bits per heavy atom. The molecule has 0 aliphatic heterocycles. The summed E-state index contributed by atoms with van der Waals surface area (Å²) < 4.78 is 4.96. The molecule has 0 radical (unpaired) electrons. The Morgan fingerprint density at radius 3 is 2.91 bits per heavy atom. The number of nitrogens with one attached hydrogen (secondary N) is 1. The van der Waals surface area contributed by atoms with Gasteiger partial charge in [-0.3, -0.25) is 0 Å². The van der Waals surface area contributed by atoms with Crippen LogP contribution in [-0.2, 0) is 4.74 Å². The largest absolute Gasteiger partial charge is 0.446 e. The molecule has 0 aromatic heterocycles. The maximum absolute atomic E-state index is 10.8. The van der Waals surface area contributed by atoms with E-state index in [4.69, 9.17) is 4.74 Å². The SMILES string of the molecule is CCCCNC(=O)OC1CC1. The molecule has 1 aliphatic rings. The predicted molar refractivity (Wildman–Crippen MR) is 42.4 cm³/mol. The van der Waals surface area contributed by atoms with Gasteiger partial charge in [-0.25, -0.2) is 4.79 Å². The van der Waals surface area contributed by atoms with Crippen LogP contribution in [0.2, 0.25) is 0 Å². The summed E-state index contributed by atoms with van der Waals surface area (Å²) >= 11 is 0. The molecule has 0 aromatic rings. The third-order valence-corrected chi connectivity index (χ3v) is 1.60. The van der Waals surface area contributed by atoms with E-state index < -0.39 is 0 Å². The highest BCUT2D eigenvalue weighted by atomic mass is 16.6. The fourth-order valence-corrected chi connectivity index (χ4v) is 0.746. The van der Waals surface area contributed by atoms with Gasteiger partial charge in [0.05, 0.1) is 0 Å². The highest BCUT2D eigenvalue weighted by molar-refractivity contribution is 5.67. The Hall–Kier alpha value is -0.730. The molecule has 0 bridgehead atoms. The molecule has 0 atom stereocenters. The van der Waals surface area contributed by atoms with E-state index in [9.17, 15) is 4.79 Å². The third-order valence-electron chi connectivity index (χ3n) is 1.60. The van der Waals surface area contributed by atoms with Gasteiger partial charge in [-0.1, -0.05) is 13.3 Å². The van der Waals surface area contributed by atoms with E-state index in [1.807, 2.05) is 0 Å². The van der Waals surface area contributed by atoms with E-state index in [1.54, 1.807) is 0 Å². The van der Waals surface area contributed by atoms with E-state index in [0.717, 1.165) is 32.2 Å². The summed E-state index contributed by atoms with van der Waals surface area (Å²) in [6, 6.07) is 0. The summed E-state index contributed by atoms with van der Waals surface area (Å²) in [5.41, 5.74) is 0. The van der Waals surface area contributed by atoms with Gasteiger partial charge in [0.25, 0.3) is 0 Å². The van der Waals surface area contributed by atoms with Crippen molar-refractivity contribution in [1.82, 2.24) is 5.32 Å². The molecule has 11 heavy (non-hydrogen) atoms. The van der Waals surface area contributed by atoms with Crippen LogP contribution in [0, 0.1) is 0 Å². The number of unbranched alkanes of at least 4 members (excludes halogenated alkanes) is 1. The second-order valence-electron chi connectivity index (χ2n) is 2.88. The zero-order valence-electron chi connectivity index (χ0n) is 6.93. The van der Waals surface area contributed by atoms with E-state index in [0.29, 0.717) is 0 Å². The summed E-state index contributed by atoms with van der Waals surface area (Å²) in [7, 11) is 0. The molecule has 1 rings (SSSR count). The molecule has 1 aliphatic carbocycles.